The molecule has 0 aliphatic heterocycles. The van der Waals surface area contributed by atoms with E-state index in [1.807, 2.05) is 42.5 Å². The number of nitrogens with one attached hydrogen (secondary N) is 2. The number of carbonyl (C=O) groups is 2. The van der Waals surface area contributed by atoms with Gasteiger partial charge in [0.15, 0.2) is 4.34 Å². The Balaban J connectivity index is 1.32. The second-order valence-corrected chi connectivity index (χ2v) is 9.44. The fraction of sp³-hybridized carbons (Fsp3) is 0.160. The highest BCUT2D eigenvalue weighted by atomic mass is 32.2. The van der Waals surface area contributed by atoms with Crippen LogP contribution in [0.3, 0.4) is 0 Å². The zero-order chi connectivity index (χ0) is 23.0. The van der Waals surface area contributed by atoms with Gasteiger partial charge in [0, 0.05) is 12.2 Å². The molecule has 168 valence electrons. The highest BCUT2D eigenvalue weighted by molar-refractivity contribution is 8.01. The van der Waals surface area contributed by atoms with E-state index in [4.69, 9.17) is 4.74 Å². The zero-order valence-electron chi connectivity index (χ0n) is 18.0. The number of carbonyl (C=O) groups excluding carboxylic acids is 2. The summed E-state index contributed by atoms with van der Waals surface area (Å²) < 4.78 is 7.03. The number of rotatable bonds is 9. The van der Waals surface area contributed by atoms with Crippen LogP contribution in [0.15, 0.2) is 77.1 Å². The maximum atomic E-state index is 12.6. The first-order valence-corrected chi connectivity index (χ1v) is 12.2. The third-order valence-electron chi connectivity index (χ3n) is 4.88. The number of anilines is 1. The van der Waals surface area contributed by atoms with Crippen LogP contribution < -0.4 is 15.4 Å². The summed E-state index contributed by atoms with van der Waals surface area (Å²) in [7, 11) is 1.54. The Labute approximate surface area is 200 Å². The Kier molecular flexibility index (Phi) is 7.59. The quantitative estimate of drug-likeness (QED) is 0.331. The van der Waals surface area contributed by atoms with Crippen molar-refractivity contribution in [3.63, 3.8) is 0 Å². The van der Waals surface area contributed by atoms with Gasteiger partial charge in [0.25, 0.3) is 5.91 Å². The Morgan fingerprint density at radius 1 is 1.03 bits per heavy atom. The predicted octanol–water partition coefficient (Wildman–Crippen LogP) is 5.01. The number of ether oxygens (including phenoxy) is 1. The molecule has 33 heavy (non-hydrogen) atoms. The molecule has 0 fully saturated rings. The molecule has 4 rings (SSSR count). The molecule has 0 radical (unpaired) electrons. The molecular weight excluding hydrogens is 454 g/mol. The molecule has 0 spiro atoms. The molecule has 6 nitrogen and oxygen atoms in total. The van der Waals surface area contributed by atoms with E-state index >= 15 is 0 Å². The fourth-order valence-corrected chi connectivity index (χ4v) is 5.18. The van der Waals surface area contributed by atoms with E-state index in [1.165, 1.54) is 35.8 Å². The van der Waals surface area contributed by atoms with Gasteiger partial charge in [0.05, 0.1) is 28.6 Å². The molecule has 1 heterocycles. The second kappa shape index (κ2) is 11.0. The third kappa shape index (κ3) is 6.12. The number of fused-ring (bicyclic) bond motifs is 1. The lowest BCUT2D eigenvalue weighted by atomic mass is 10.1. The molecule has 0 saturated heterocycles. The van der Waals surface area contributed by atoms with Gasteiger partial charge in [0.1, 0.15) is 5.75 Å². The normalized spacial score (nSPS) is 10.7. The van der Waals surface area contributed by atoms with Crippen molar-refractivity contribution in [1.29, 1.82) is 0 Å². The van der Waals surface area contributed by atoms with Crippen LogP contribution in [0.2, 0.25) is 0 Å². The minimum absolute atomic E-state index is 0.0139. The zero-order valence-corrected chi connectivity index (χ0v) is 19.7. The van der Waals surface area contributed by atoms with Crippen LogP contribution in [-0.2, 0) is 11.2 Å². The molecule has 0 aliphatic carbocycles. The number of aromatic nitrogens is 1. The monoisotopic (exact) mass is 477 g/mol. The smallest absolute Gasteiger partial charge is 0.259 e. The number of para-hydroxylation sites is 1. The first-order chi connectivity index (χ1) is 16.1. The van der Waals surface area contributed by atoms with Gasteiger partial charge in [-0.2, -0.15) is 0 Å². The summed E-state index contributed by atoms with van der Waals surface area (Å²) in [4.78, 5) is 29.4. The van der Waals surface area contributed by atoms with Gasteiger partial charge >= 0.3 is 0 Å². The largest absolute Gasteiger partial charge is 0.496 e. The number of benzene rings is 3. The number of thioether (sulfide) groups is 1. The van der Waals surface area contributed by atoms with Crippen LogP contribution in [0.25, 0.3) is 10.2 Å². The molecule has 0 unspecified atom stereocenters. The lowest BCUT2D eigenvalue weighted by molar-refractivity contribution is -0.118. The lowest BCUT2D eigenvalue weighted by Gasteiger charge is -2.09. The van der Waals surface area contributed by atoms with E-state index in [0.29, 0.717) is 29.3 Å². The number of hydrogen-bond acceptors (Lipinski definition) is 6. The van der Waals surface area contributed by atoms with Crippen LogP contribution >= 0.6 is 23.1 Å². The van der Waals surface area contributed by atoms with Gasteiger partial charge in [-0.3, -0.25) is 9.59 Å². The summed E-state index contributed by atoms with van der Waals surface area (Å²) in [6.45, 7) is 0.610. The van der Waals surface area contributed by atoms with Gasteiger partial charge in [-0.05, 0) is 42.3 Å². The van der Waals surface area contributed by atoms with Crippen molar-refractivity contribution in [3.8, 4) is 5.75 Å². The molecule has 3 aromatic carbocycles. The predicted molar refractivity (Wildman–Crippen MR) is 134 cm³/mol. The highest BCUT2D eigenvalue weighted by Crippen LogP contribution is 2.31. The average molecular weight is 478 g/mol. The maximum Gasteiger partial charge on any atom is 0.259 e. The Bertz CT molecular complexity index is 1260. The summed E-state index contributed by atoms with van der Waals surface area (Å²) in [5.41, 5.74) is 3.18. The minimum Gasteiger partial charge on any atom is -0.496 e. The van der Waals surface area contributed by atoms with E-state index in [9.17, 15) is 9.59 Å². The SMILES string of the molecule is COc1ccccc1C(=O)Nc1ccc2nc(SCC(=O)NCCc3ccccc3)sc2c1. The number of thiazole rings is 1. The van der Waals surface area contributed by atoms with E-state index in [2.05, 4.69) is 27.8 Å². The maximum absolute atomic E-state index is 12.6. The number of nitrogens with zero attached hydrogens (tertiary/aromatic N) is 1. The van der Waals surface area contributed by atoms with Crippen molar-refractivity contribution in [2.45, 2.75) is 10.8 Å². The van der Waals surface area contributed by atoms with Gasteiger partial charge in [-0.1, -0.05) is 54.2 Å². The number of hydrogen-bond donors (Lipinski definition) is 2. The lowest BCUT2D eigenvalue weighted by Crippen LogP contribution is -2.27. The van der Waals surface area contributed by atoms with Gasteiger partial charge in [0.2, 0.25) is 5.91 Å². The first kappa shape index (κ1) is 22.8. The Morgan fingerprint density at radius 3 is 2.64 bits per heavy atom. The number of methoxy groups -OCH3 is 1. The van der Waals surface area contributed by atoms with Crippen LogP contribution in [0, 0.1) is 0 Å². The molecule has 0 saturated carbocycles. The number of amides is 2. The van der Waals surface area contributed by atoms with E-state index < -0.39 is 0 Å². The Hall–Kier alpha value is -3.36. The fourth-order valence-electron chi connectivity index (χ4n) is 3.24. The Morgan fingerprint density at radius 2 is 1.82 bits per heavy atom. The second-order valence-electron chi connectivity index (χ2n) is 7.19. The van der Waals surface area contributed by atoms with E-state index in [0.717, 1.165) is 21.0 Å². The molecule has 0 atom stereocenters. The molecule has 4 aromatic rings. The van der Waals surface area contributed by atoms with Gasteiger partial charge in [-0.25, -0.2) is 4.98 Å². The van der Waals surface area contributed by atoms with E-state index in [-0.39, 0.29) is 11.8 Å². The van der Waals surface area contributed by atoms with Crippen LogP contribution in [0.1, 0.15) is 15.9 Å². The van der Waals surface area contributed by atoms with Crippen molar-refractivity contribution in [1.82, 2.24) is 10.3 Å². The van der Waals surface area contributed by atoms with Crippen molar-refractivity contribution in [2.24, 2.45) is 0 Å². The van der Waals surface area contributed by atoms with Crippen LogP contribution in [-0.4, -0.2) is 36.2 Å². The summed E-state index contributed by atoms with van der Waals surface area (Å²) >= 11 is 2.91. The first-order valence-electron chi connectivity index (χ1n) is 10.4. The molecule has 8 heteroatoms. The third-order valence-corrected chi connectivity index (χ3v) is 7.04. The minimum atomic E-state index is -0.238. The van der Waals surface area contributed by atoms with Gasteiger partial charge in [-0.15, -0.1) is 11.3 Å². The van der Waals surface area contributed by atoms with Crippen molar-refractivity contribution >= 4 is 50.8 Å². The molecular formula is C25H23N3O3S2. The topological polar surface area (TPSA) is 80.3 Å². The molecule has 2 amide bonds. The molecule has 2 N–H and O–H groups in total. The highest BCUT2D eigenvalue weighted by Gasteiger charge is 2.13. The van der Waals surface area contributed by atoms with Crippen molar-refractivity contribution < 1.29 is 14.3 Å². The van der Waals surface area contributed by atoms with E-state index in [1.54, 1.807) is 18.2 Å². The molecule has 0 bridgehead atoms. The van der Waals surface area contributed by atoms with Crippen LogP contribution in [0.4, 0.5) is 5.69 Å². The summed E-state index contributed by atoms with van der Waals surface area (Å²) in [5, 5.41) is 5.86. The summed E-state index contributed by atoms with van der Waals surface area (Å²) in [5.74, 6) is 0.582. The molecule has 0 aliphatic rings. The van der Waals surface area contributed by atoms with Crippen LogP contribution in [0.5, 0.6) is 5.75 Å². The van der Waals surface area contributed by atoms with Crippen molar-refractivity contribution in [2.75, 3.05) is 24.7 Å². The molecule has 1 aromatic heterocycles. The summed E-state index contributed by atoms with van der Waals surface area (Å²) in [6, 6.07) is 22.7. The summed E-state index contributed by atoms with van der Waals surface area (Å²) in [6.07, 6.45) is 0.807. The average Bonchev–Trinajstić information content (AvgIpc) is 3.25. The van der Waals surface area contributed by atoms with Crippen molar-refractivity contribution in [3.05, 3.63) is 83.9 Å². The van der Waals surface area contributed by atoms with Gasteiger partial charge < -0.3 is 15.4 Å². The standard InChI is InChI=1S/C25H23N3O3S2/c1-31-21-10-6-5-9-19(21)24(30)27-18-11-12-20-22(15-18)33-25(28-20)32-16-23(29)26-14-13-17-7-3-2-4-8-17/h2-12,15H,13-14,16H2,1H3,(H,26,29)(H,27,30).